The summed E-state index contributed by atoms with van der Waals surface area (Å²) in [5, 5.41) is 16.6. The van der Waals surface area contributed by atoms with E-state index in [1.54, 1.807) is 23.0 Å². The predicted octanol–water partition coefficient (Wildman–Crippen LogP) is 1.76. The Bertz CT molecular complexity index is 592. The van der Waals surface area contributed by atoms with Crippen LogP contribution in [-0.4, -0.2) is 33.4 Å². The fraction of sp³-hybridized carbons (Fsp3) is 0.375. The first kappa shape index (κ1) is 13.8. The van der Waals surface area contributed by atoms with E-state index in [1.807, 2.05) is 24.4 Å². The van der Waals surface area contributed by atoms with Crippen LogP contribution in [0.25, 0.3) is 5.69 Å². The highest BCUT2D eigenvalue weighted by Gasteiger charge is 2.23. The second kappa shape index (κ2) is 6.10. The molecule has 2 atom stereocenters. The van der Waals surface area contributed by atoms with E-state index in [2.05, 4.69) is 10.4 Å². The molecule has 2 unspecified atom stereocenters. The van der Waals surface area contributed by atoms with Crippen molar-refractivity contribution >= 4 is 5.91 Å². The van der Waals surface area contributed by atoms with E-state index in [-0.39, 0.29) is 12.0 Å². The molecule has 0 radical (unpaired) electrons. The summed E-state index contributed by atoms with van der Waals surface area (Å²) in [7, 11) is 0. The second-order valence-corrected chi connectivity index (χ2v) is 5.54. The highest BCUT2D eigenvalue weighted by molar-refractivity contribution is 5.94. The number of carbonyl (C=O) groups is 1. The lowest BCUT2D eigenvalue weighted by atomic mass is 10.1. The summed E-state index contributed by atoms with van der Waals surface area (Å²) in [6.07, 6.45) is 6.01. The molecule has 5 nitrogen and oxygen atoms in total. The summed E-state index contributed by atoms with van der Waals surface area (Å²) in [6.45, 7) is 0.636. The lowest BCUT2D eigenvalue weighted by molar-refractivity contribution is 0.0945. The smallest absolute Gasteiger partial charge is 0.251 e. The molecular weight excluding hydrogens is 266 g/mol. The molecule has 1 heterocycles. The zero-order valence-electron chi connectivity index (χ0n) is 11.8. The number of nitrogens with one attached hydrogen (secondary N) is 1. The Morgan fingerprint density at radius 3 is 2.76 bits per heavy atom. The van der Waals surface area contributed by atoms with Gasteiger partial charge in [0.1, 0.15) is 0 Å². The number of aliphatic hydroxyl groups excluding tert-OH is 1. The number of hydrogen-bond donors (Lipinski definition) is 2. The normalized spacial score (nSPS) is 21.4. The van der Waals surface area contributed by atoms with Gasteiger partial charge >= 0.3 is 0 Å². The maximum absolute atomic E-state index is 12.1. The van der Waals surface area contributed by atoms with Gasteiger partial charge in [-0.1, -0.05) is 0 Å². The van der Waals surface area contributed by atoms with Crippen molar-refractivity contribution < 1.29 is 9.90 Å². The SMILES string of the molecule is O=C(NCC1CCC(O)C1)c1ccc(-n2cccn2)cc1. The Morgan fingerprint density at radius 2 is 2.14 bits per heavy atom. The number of hydrogen-bond acceptors (Lipinski definition) is 3. The van der Waals surface area contributed by atoms with Crippen molar-refractivity contribution in [1.82, 2.24) is 15.1 Å². The number of rotatable bonds is 4. The van der Waals surface area contributed by atoms with Crippen LogP contribution in [0.15, 0.2) is 42.7 Å². The predicted molar refractivity (Wildman–Crippen MR) is 79.2 cm³/mol. The van der Waals surface area contributed by atoms with Crippen molar-refractivity contribution in [2.45, 2.75) is 25.4 Å². The summed E-state index contributed by atoms with van der Waals surface area (Å²) < 4.78 is 1.75. The number of amides is 1. The van der Waals surface area contributed by atoms with Crippen molar-refractivity contribution in [3.05, 3.63) is 48.3 Å². The van der Waals surface area contributed by atoms with Crippen molar-refractivity contribution in [2.24, 2.45) is 5.92 Å². The number of aromatic nitrogens is 2. The van der Waals surface area contributed by atoms with E-state index in [9.17, 15) is 9.90 Å². The second-order valence-electron chi connectivity index (χ2n) is 5.54. The van der Waals surface area contributed by atoms with Gasteiger partial charge in [-0.2, -0.15) is 5.10 Å². The molecule has 1 aromatic carbocycles. The van der Waals surface area contributed by atoms with Crippen LogP contribution in [0.3, 0.4) is 0 Å². The topological polar surface area (TPSA) is 67.2 Å². The van der Waals surface area contributed by atoms with E-state index in [0.29, 0.717) is 18.0 Å². The molecule has 1 fully saturated rings. The summed E-state index contributed by atoms with van der Waals surface area (Å²) >= 11 is 0. The van der Waals surface area contributed by atoms with Crippen LogP contribution in [0.4, 0.5) is 0 Å². The minimum Gasteiger partial charge on any atom is -0.393 e. The molecule has 0 saturated heterocycles. The lowest BCUT2D eigenvalue weighted by Crippen LogP contribution is -2.28. The Balaban J connectivity index is 1.57. The molecule has 5 heteroatoms. The van der Waals surface area contributed by atoms with Gasteiger partial charge in [0.05, 0.1) is 11.8 Å². The van der Waals surface area contributed by atoms with Crippen LogP contribution in [0.5, 0.6) is 0 Å². The number of benzene rings is 1. The third kappa shape index (κ3) is 3.31. The molecule has 2 aromatic rings. The molecule has 1 aliphatic carbocycles. The molecule has 1 amide bonds. The molecule has 3 rings (SSSR count). The molecular formula is C16H19N3O2. The molecule has 1 saturated carbocycles. The van der Waals surface area contributed by atoms with Gasteiger partial charge in [0.25, 0.3) is 5.91 Å². The molecule has 1 aromatic heterocycles. The van der Waals surface area contributed by atoms with Crippen molar-refractivity contribution in [1.29, 1.82) is 0 Å². The lowest BCUT2D eigenvalue weighted by Gasteiger charge is -2.11. The van der Waals surface area contributed by atoms with Crippen LogP contribution in [0.2, 0.25) is 0 Å². The Hall–Kier alpha value is -2.14. The molecule has 1 aliphatic rings. The average molecular weight is 285 g/mol. The molecule has 110 valence electrons. The van der Waals surface area contributed by atoms with Gasteiger partial charge in [0.15, 0.2) is 0 Å². The molecule has 0 aliphatic heterocycles. The fourth-order valence-electron chi connectivity index (χ4n) is 2.76. The van der Waals surface area contributed by atoms with Gasteiger partial charge in [0.2, 0.25) is 0 Å². The first-order chi connectivity index (χ1) is 10.2. The highest BCUT2D eigenvalue weighted by Crippen LogP contribution is 2.24. The Labute approximate surface area is 123 Å². The van der Waals surface area contributed by atoms with Crippen LogP contribution < -0.4 is 5.32 Å². The van der Waals surface area contributed by atoms with E-state index >= 15 is 0 Å². The van der Waals surface area contributed by atoms with E-state index in [1.165, 1.54) is 0 Å². The van der Waals surface area contributed by atoms with Crippen LogP contribution in [0, 0.1) is 5.92 Å². The highest BCUT2D eigenvalue weighted by atomic mass is 16.3. The van der Waals surface area contributed by atoms with Gasteiger partial charge < -0.3 is 10.4 Å². The van der Waals surface area contributed by atoms with Crippen LogP contribution in [-0.2, 0) is 0 Å². The third-order valence-electron chi connectivity index (χ3n) is 3.96. The Morgan fingerprint density at radius 1 is 1.33 bits per heavy atom. The fourth-order valence-corrected chi connectivity index (χ4v) is 2.76. The first-order valence-electron chi connectivity index (χ1n) is 7.29. The molecule has 2 N–H and O–H groups in total. The van der Waals surface area contributed by atoms with E-state index in [0.717, 1.165) is 24.9 Å². The molecule has 0 spiro atoms. The van der Waals surface area contributed by atoms with Gasteiger partial charge in [-0.3, -0.25) is 4.79 Å². The van der Waals surface area contributed by atoms with Gasteiger partial charge in [-0.05, 0) is 55.5 Å². The first-order valence-corrected chi connectivity index (χ1v) is 7.29. The number of carbonyl (C=O) groups excluding carboxylic acids is 1. The number of nitrogens with zero attached hydrogens (tertiary/aromatic N) is 2. The van der Waals surface area contributed by atoms with Crippen molar-refractivity contribution in [3.8, 4) is 5.69 Å². The molecule has 0 bridgehead atoms. The standard InChI is InChI=1S/C16H19N3O2/c20-15-7-2-12(10-15)11-17-16(21)13-3-5-14(6-4-13)19-9-1-8-18-19/h1,3-6,8-9,12,15,20H,2,7,10-11H2,(H,17,21). The maximum Gasteiger partial charge on any atom is 0.251 e. The largest absolute Gasteiger partial charge is 0.393 e. The maximum atomic E-state index is 12.1. The third-order valence-corrected chi connectivity index (χ3v) is 3.96. The van der Waals surface area contributed by atoms with Crippen molar-refractivity contribution in [2.75, 3.05) is 6.54 Å². The quantitative estimate of drug-likeness (QED) is 0.899. The summed E-state index contributed by atoms with van der Waals surface area (Å²) in [5.74, 6) is 0.329. The number of aliphatic hydroxyl groups is 1. The van der Waals surface area contributed by atoms with E-state index in [4.69, 9.17) is 0 Å². The molecule has 21 heavy (non-hydrogen) atoms. The van der Waals surface area contributed by atoms with Crippen LogP contribution >= 0.6 is 0 Å². The summed E-state index contributed by atoms with van der Waals surface area (Å²) in [5.41, 5.74) is 1.57. The Kier molecular flexibility index (Phi) is 4.01. The van der Waals surface area contributed by atoms with Gasteiger partial charge in [-0.15, -0.1) is 0 Å². The zero-order valence-corrected chi connectivity index (χ0v) is 11.8. The van der Waals surface area contributed by atoms with Gasteiger partial charge in [0, 0.05) is 24.5 Å². The van der Waals surface area contributed by atoms with Crippen LogP contribution in [0.1, 0.15) is 29.6 Å². The minimum atomic E-state index is -0.194. The van der Waals surface area contributed by atoms with Gasteiger partial charge in [-0.25, -0.2) is 4.68 Å². The summed E-state index contributed by atoms with van der Waals surface area (Å²) in [4.78, 5) is 12.1. The summed E-state index contributed by atoms with van der Waals surface area (Å²) in [6, 6.07) is 9.21. The zero-order chi connectivity index (χ0) is 14.7. The average Bonchev–Trinajstić information content (AvgIpc) is 3.16. The van der Waals surface area contributed by atoms with Crippen molar-refractivity contribution in [3.63, 3.8) is 0 Å². The van der Waals surface area contributed by atoms with E-state index < -0.39 is 0 Å². The monoisotopic (exact) mass is 285 g/mol. The minimum absolute atomic E-state index is 0.0663.